The molecule has 0 aliphatic rings. The van der Waals surface area contributed by atoms with Gasteiger partial charge in [-0.3, -0.25) is 9.78 Å². The van der Waals surface area contributed by atoms with E-state index in [1.165, 1.54) is 6.08 Å². The summed E-state index contributed by atoms with van der Waals surface area (Å²) in [5, 5.41) is 3.50. The molecule has 0 aromatic carbocycles. The summed E-state index contributed by atoms with van der Waals surface area (Å²) in [6.07, 6.45) is 1.46. The average molecular weight is 217 g/mol. The largest absolute Gasteiger partial charge is 0.355 e. The van der Waals surface area contributed by atoms with Crippen LogP contribution in [0.5, 0.6) is 0 Å². The molecule has 84 valence electrons. The third-order valence-electron chi connectivity index (χ3n) is 2.31. The molecule has 1 amide bonds. The molecule has 0 saturated carbocycles. The summed E-state index contributed by atoms with van der Waals surface area (Å²) in [7, 11) is 1.56. The van der Waals surface area contributed by atoms with E-state index in [9.17, 15) is 4.79 Å². The van der Waals surface area contributed by atoms with Crippen LogP contribution in [0, 0.1) is 13.8 Å². The number of nitrogens with one attached hydrogen (secondary N) is 1. The van der Waals surface area contributed by atoms with Crippen molar-refractivity contribution in [1.82, 2.24) is 15.3 Å². The molecular weight excluding hydrogens is 202 g/mol. The molecule has 4 nitrogen and oxygen atoms in total. The molecule has 1 rings (SSSR count). The number of carbonyl (C=O) groups is 1. The van der Waals surface area contributed by atoms with Gasteiger partial charge in [0, 0.05) is 7.05 Å². The first-order valence-electron chi connectivity index (χ1n) is 4.90. The number of aryl methyl sites for hydroxylation is 2. The maximum atomic E-state index is 11.6. The lowest BCUT2D eigenvalue weighted by molar-refractivity contribution is -0.115. The Balaban J connectivity index is 3.69. The molecule has 0 atom stereocenters. The van der Waals surface area contributed by atoms with Crippen LogP contribution in [0.1, 0.15) is 11.4 Å². The summed E-state index contributed by atoms with van der Waals surface area (Å²) in [4.78, 5) is 20.1. The highest BCUT2D eigenvalue weighted by molar-refractivity contribution is 6.16. The second-order valence-corrected chi connectivity index (χ2v) is 3.39. The smallest absolute Gasteiger partial charge is 0.253 e. The van der Waals surface area contributed by atoms with Gasteiger partial charge in [-0.25, -0.2) is 4.98 Å². The normalized spacial score (nSPS) is 11.9. The second kappa shape index (κ2) is 4.70. The Hall–Kier alpha value is -1.97. The SMILES string of the molecule is C=C/C(C(=O)NC)=c1/nc(C)c(C)nc1=C. The van der Waals surface area contributed by atoms with E-state index in [1.54, 1.807) is 7.05 Å². The van der Waals surface area contributed by atoms with Crippen molar-refractivity contribution in [3.05, 3.63) is 34.7 Å². The van der Waals surface area contributed by atoms with Crippen LogP contribution in [0.25, 0.3) is 12.2 Å². The third-order valence-corrected chi connectivity index (χ3v) is 2.31. The Labute approximate surface area is 94.4 Å². The lowest BCUT2D eigenvalue weighted by Gasteiger charge is -2.02. The Kier molecular flexibility index (Phi) is 3.55. The number of amides is 1. The predicted octanol–water partition coefficient (Wildman–Crippen LogP) is -0.414. The van der Waals surface area contributed by atoms with Crippen LogP contribution >= 0.6 is 0 Å². The highest BCUT2D eigenvalue weighted by Gasteiger charge is 2.07. The van der Waals surface area contributed by atoms with Gasteiger partial charge in [-0.1, -0.05) is 19.2 Å². The molecule has 0 saturated heterocycles. The van der Waals surface area contributed by atoms with Crippen molar-refractivity contribution in [3.63, 3.8) is 0 Å². The van der Waals surface area contributed by atoms with E-state index in [-0.39, 0.29) is 5.91 Å². The molecule has 0 fully saturated rings. The average Bonchev–Trinajstić information content (AvgIpc) is 2.26. The van der Waals surface area contributed by atoms with Crippen LogP contribution in [-0.2, 0) is 4.79 Å². The highest BCUT2D eigenvalue weighted by Crippen LogP contribution is 1.94. The zero-order valence-corrected chi connectivity index (χ0v) is 9.79. The minimum absolute atomic E-state index is 0.238. The molecule has 1 aromatic heterocycles. The summed E-state index contributed by atoms with van der Waals surface area (Å²) in [5.41, 5.74) is 1.99. The van der Waals surface area contributed by atoms with Crippen molar-refractivity contribution in [2.45, 2.75) is 13.8 Å². The molecule has 1 aromatic rings. The zero-order chi connectivity index (χ0) is 12.3. The van der Waals surface area contributed by atoms with Crippen molar-refractivity contribution < 1.29 is 4.79 Å². The van der Waals surface area contributed by atoms with Crippen molar-refractivity contribution in [2.24, 2.45) is 0 Å². The molecule has 0 aliphatic carbocycles. The maximum Gasteiger partial charge on any atom is 0.253 e. The molecule has 1 heterocycles. The van der Waals surface area contributed by atoms with Crippen LogP contribution in [0.4, 0.5) is 0 Å². The van der Waals surface area contributed by atoms with Gasteiger partial charge in [0.15, 0.2) is 0 Å². The van der Waals surface area contributed by atoms with Crippen LogP contribution in [0.3, 0.4) is 0 Å². The van der Waals surface area contributed by atoms with Gasteiger partial charge in [-0.15, -0.1) is 0 Å². The van der Waals surface area contributed by atoms with Gasteiger partial charge in [0.25, 0.3) is 5.91 Å². The minimum Gasteiger partial charge on any atom is -0.355 e. The summed E-state index contributed by atoms with van der Waals surface area (Å²) < 4.78 is 0. The quantitative estimate of drug-likeness (QED) is 0.732. The number of carbonyl (C=O) groups excluding carboxylic acids is 1. The zero-order valence-electron chi connectivity index (χ0n) is 9.79. The number of nitrogens with zero attached hydrogens (tertiary/aromatic N) is 2. The summed E-state index contributed by atoms with van der Waals surface area (Å²) in [5.74, 6) is -0.238. The summed E-state index contributed by atoms with van der Waals surface area (Å²) >= 11 is 0. The lowest BCUT2D eigenvalue weighted by Crippen LogP contribution is -2.37. The molecule has 1 N–H and O–H groups in total. The molecular formula is C12H15N3O. The minimum atomic E-state index is -0.238. The topological polar surface area (TPSA) is 54.9 Å². The fourth-order valence-corrected chi connectivity index (χ4v) is 1.30. The van der Waals surface area contributed by atoms with Gasteiger partial charge in [0.2, 0.25) is 0 Å². The molecule has 0 bridgehead atoms. The van der Waals surface area contributed by atoms with E-state index in [2.05, 4.69) is 28.4 Å². The van der Waals surface area contributed by atoms with Crippen LogP contribution < -0.4 is 16.0 Å². The third kappa shape index (κ3) is 2.16. The van der Waals surface area contributed by atoms with Gasteiger partial charge < -0.3 is 5.32 Å². The molecule has 0 aliphatic heterocycles. The monoisotopic (exact) mass is 217 g/mol. The van der Waals surface area contributed by atoms with Gasteiger partial charge in [-0.2, -0.15) is 0 Å². The van der Waals surface area contributed by atoms with E-state index in [4.69, 9.17) is 0 Å². The van der Waals surface area contributed by atoms with Gasteiger partial charge in [0.05, 0.1) is 22.3 Å². The Morgan fingerprint density at radius 1 is 1.31 bits per heavy atom. The highest BCUT2D eigenvalue weighted by atomic mass is 16.1. The molecule has 0 spiro atoms. The Bertz CT molecular complexity index is 546. The fourth-order valence-electron chi connectivity index (χ4n) is 1.30. The van der Waals surface area contributed by atoms with Gasteiger partial charge in [0.1, 0.15) is 5.35 Å². The Morgan fingerprint density at radius 3 is 2.38 bits per heavy atom. The van der Waals surface area contributed by atoms with Crippen LogP contribution in [0.2, 0.25) is 0 Å². The number of rotatable bonds is 2. The Morgan fingerprint density at radius 2 is 1.88 bits per heavy atom. The first-order valence-corrected chi connectivity index (χ1v) is 4.90. The van der Waals surface area contributed by atoms with Crippen LogP contribution in [0.15, 0.2) is 12.7 Å². The molecule has 0 radical (unpaired) electrons. The van der Waals surface area contributed by atoms with Crippen LogP contribution in [-0.4, -0.2) is 22.9 Å². The van der Waals surface area contributed by atoms with Gasteiger partial charge >= 0.3 is 0 Å². The standard InChI is InChI=1S/C12H15N3O/c1-6-10(12(16)13-5)11-9(4)14-7(2)8(3)15-11/h6H,1,4H2,2-3,5H3,(H,13,16)/b11-10-. The molecule has 16 heavy (non-hydrogen) atoms. The second-order valence-electron chi connectivity index (χ2n) is 3.39. The van der Waals surface area contributed by atoms with E-state index < -0.39 is 0 Å². The lowest BCUT2D eigenvalue weighted by atomic mass is 10.2. The van der Waals surface area contributed by atoms with Crippen molar-refractivity contribution in [3.8, 4) is 0 Å². The number of hydrogen-bond donors (Lipinski definition) is 1. The number of aromatic nitrogens is 2. The maximum absolute atomic E-state index is 11.6. The van der Waals surface area contributed by atoms with E-state index >= 15 is 0 Å². The van der Waals surface area contributed by atoms with E-state index in [0.29, 0.717) is 16.3 Å². The van der Waals surface area contributed by atoms with Crippen molar-refractivity contribution in [1.29, 1.82) is 0 Å². The van der Waals surface area contributed by atoms with E-state index in [0.717, 1.165) is 11.4 Å². The summed E-state index contributed by atoms with van der Waals surface area (Å²) in [6, 6.07) is 0. The predicted molar refractivity (Wildman–Crippen MR) is 63.9 cm³/mol. The van der Waals surface area contributed by atoms with Crippen molar-refractivity contribution >= 4 is 18.1 Å². The first-order chi connectivity index (χ1) is 7.51. The van der Waals surface area contributed by atoms with Crippen molar-refractivity contribution in [2.75, 3.05) is 7.05 Å². The summed E-state index contributed by atoms with van der Waals surface area (Å²) in [6.45, 7) is 11.1. The molecule has 4 heteroatoms. The molecule has 0 unspecified atom stereocenters. The van der Waals surface area contributed by atoms with Gasteiger partial charge in [-0.05, 0) is 13.8 Å². The number of hydrogen-bond acceptors (Lipinski definition) is 3. The van der Waals surface area contributed by atoms with E-state index in [1.807, 2.05) is 13.8 Å². The first kappa shape index (κ1) is 12.1. The fraction of sp³-hybridized carbons (Fsp3) is 0.250.